The van der Waals surface area contributed by atoms with Gasteiger partial charge >= 0.3 is 12.0 Å². The topological polar surface area (TPSA) is 86.7 Å². The van der Waals surface area contributed by atoms with Crippen LogP contribution in [0, 0.1) is 0 Å². The number of aliphatic carboxylic acids is 1. The van der Waals surface area contributed by atoms with Crippen LogP contribution in [0.2, 0.25) is 0 Å². The van der Waals surface area contributed by atoms with Crippen LogP contribution in [0.1, 0.15) is 31.7 Å². The van der Waals surface area contributed by atoms with Crippen molar-refractivity contribution in [3.63, 3.8) is 0 Å². The van der Waals surface area contributed by atoms with E-state index in [1.54, 1.807) is 0 Å². The summed E-state index contributed by atoms with van der Waals surface area (Å²) in [6.45, 7) is 1.65. The van der Waals surface area contributed by atoms with E-state index in [0.717, 1.165) is 16.9 Å². The number of nitrogens with one attached hydrogen (secondary N) is 1. The quantitative estimate of drug-likeness (QED) is 0.769. The molecule has 0 aromatic heterocycles. The molecule has 6 nitrogen and oxygen atoms in total. The van der Waals surface area contributed by atoms with Gasteiger partial charge in [-0.25, -0.2) is 4.79 Å². The SMILES string of the molecule is CCCN(C(=O)CCCc1ccccc1)C(=O)NCC(=O)O. The van der Waals surface area contributed by atoms with Crippen LogP contribution in [-0.2, 0) is 16.0 Å². The van der Waals surface area contributed by atoms with Gasteiger partial charge in [-0.3, -0.25) is 14.5 Å². The fraction of sp³-hybridized carbons (Fsp3) is 0.438. The van der Waals surface area contributed by atoms with Gasteiger partial charge < -0.3 is 10.4 Å². The molecule has 3 amide bonds. The molecule has 1 aromatic carbocycles. The summed E-state index contributed by atoms with van der Waals surface area (Å²) in [5, 5.41) is 10.8. The van der Waals surface area contributed by atoms with Gasteiger partial charge in [-0.15, -0.1) is 0 Å². The minimum atomic E-state index is -1.14. The molecule has 0 atom stereocenters. The van der Waals surface area contributed by atoms with Crippen LogP contribution in [-0.4, -0.2) is 41.0 Å². The Morgan fingerprint density at radius 3 is 2.45 bits per heavy atom. The predicted octanol–water partition coefficient (Wildman–Crippen LogP) is 2.04. The molecular formula is C16H22N2O4. The van der Waals surface area contributed by atoms with Crippen LogP contribution in [0.4, 0.5) is 4.79 Å². The first-order valence-corrected chi connectivity index (χ1v) is 7.38. The second kappa shape index (κ2) is 9.55. The molecular weight excluding hydrogens is 284 g/mol. The number of rotatable bonds is 8. The Kier molecular flexibility index (Phi) is 7.67. The number of nitrogens with zero attached hydrogens (tertiary/aromatic N) is 1. The molecule has 0 aliphatic carbocycles. The van der Waals surface area contributed by atoms with Gasteiger partial charge in [0.1, 0.15) is 6.54 Å². The van der Waals surface area contributed by atoms with Crippen molar-refractivity contribution < 1.29 is 19.5 Å². The van der Waals surface area contributed by atoms with Crippen molar-refractivity contribution in [2.24, 2.45) is 0 Å². The molecule has 0 radical (unpaired) electrons. The van der Waals surface area contributed by atoms with Crippen molar-refractivity contribution in [2.45, 2.75) is 32.6 Å². The number of aryl methyl sites for hydroxylation is 1. The second-order valence-electron chi connectivity index (χ2n) is 4.94. The van der Waals surface area contributed by atoms with E-state index in [1.165, 1.54) is 0 Å². The minimum Gasteiger partial charge on any atom is -0.480 e. The molecule has 6 heteroatoms. The third-order valence-electron chi connectivity index (χ3n) is 3.08. The van der Waals surface area contributed by atoms with Gasteiger partial charge in [-0.05, 0) is 24.8 Å². The van der Waals surface area contributed by atoms with Crippen molar-refractivity contribution in [1.82, 2.24) is 10.2 Å². The Hall–Kier alpha value is -2.37. The van der Waals surface area contributed by atoms with Crippen molar-refractivity contribution in [3.8, 4) is 0 Å². The first kappa shape index (κ1) is 17.7. The van der Waals surface area contributed by atoms with Crippen molar-refractivity contribution in [1.29, 1.82) is 0 Å². The number of carboxylic acid groups (broad SMARTS) is 1. The molecule has 0 heterocycles. The number of imide groups is 1. The average Bonchev–Trinajstić information content (AvgIpc) is 2.51. The van der Waals surface area contributed by atoms with E-state index in [0.29, 0.717) is 12.8 Å². The standard InChI is InChI=1S/C16H22N2O4/c1-2-11-18(16(22)17-12-15(20)21)14(19)10-6-9-13-7-4-3-5-8-13/h3-5,7-8H,2,6,9-12H2,1H3,(H,17,22)(H,20,21). The summed E-state index contributed by atoms with van der Waals surface area (Å²) >= 11 is 0. The van der Waals surface area contributed by atoms with Gasteiger partial charge in [0.05, 0.1) is 0 Å². The number of carboxylic acids is 1. The normalized spacial score (nSPS) is 10.0. The molecule has 0 unspecified atom stereocenters. The zero-order valence-electron chi connectivity index (χ0n) is 12.7. The Bertz CT molecular complexity index is 502. The highest BCUT2D eigenvalue weighted by molar-refractivity contribution is 5.95. The lowest BCUT2D eigenvalue weighted by molar-refractivity contribution is -0.136. The summed E-state index contributed by atoms with van der Waals surface area (Å²) in [6, 6.07) is 9.17. The molecule has 22 heavy (non-hydrogen) atoms. The van der Waals surface area contributed by atoms with Crippen LogP contribution in [0.25, 0.3) is 0 Å². The highest BCUT2D eigenvalue weighted by Gasteiger charge is 2.20. The molecule has 120 valence electrons. The molecule has 1 rings (SSSR count). The maximum atomic E-state index is 12.1. The summed E-state index contributed by atoms with van der Waals surface area (Å²) < 4.78 is 0. The summed E-state index contributed by atoms with van der Waals surface area (Å²) in [4.78, 5) is 35.5. The Balaban J connectivity index is 2.46. The van der Waals surface area contributed by atoms with E-state index < -0.39 is 18.5 Å². The van der Waals surface area contributed by atoms with Crippen LogP contribution in [0.3, 0.4) is 0 Å². The second-order valence-corrected chi connectivity index (χ2v) is 4.94. The van der Waals surface area contributed by atoms with Gasteiger partial charge in [-0.2, -0.15) is 0 Å². The lowest BCUT2D eigenvalue weighted by Crippen LogP contribution is -2.45. The van der Waals surface area contributed by atoms with Gasteiger partial charge in [0.2, 0.25) is 5.91 Å². The largest absolute Gasteiger partial charge is 0.480 e. The average molecular weight is 306 g/mol. The maximum absolute atomic E-state index is 12.1. The molecule has 0 fully saturated rings. The van der Waals surface area contributed by atoms with Crippen molar-refractivity contribution >= 4 is 17.9 Å². The monoisotopic (exact) mass is 306 g/mol. The number of benzene rings is 1. The molecule has 0 bridgehead atoms. The Morgan fingerprint density at radius 2 is 1.86 bits per heavy atom. The fourth-order valence-corrected chi connectivity index (χ4v) is 2.03. The first-order chi connectivity index (χ1) is 10.5. The zero-order chi connectivity index (χ0) is 16.4. The number of carbonyl (C=O) groups excluding carboxylic acids is 2. The lowest BCUT2D eigenvalue weighted by Gasteiger charge is -2.20. The number of urea groups is 1. The summed E-state index contributed by atoms with van der Waals surface area (Å²) in [5.74, 6) is -1.41. The van der Waals surface area contributed by atoms with Gasteiger partial charge in [-0.1, -0.05) is 37.3 Å². The summed E-state index contributed by atoms with van der Waals surface area (Å²) in [7, 11) is 0. The first-order valence-electron chi connectivity index (χ1n) is 7.38. The van der Waals surface area contributed by atoms with E-state index in [-0.39, 0.29) is 18.9 Å². The number of amides is 3. The van der Waals surface area contributed by atoms with E-state index in [2.05, 4.69) is 5.32 Å². The number of hydrogen-bond donors (Lipinski definition) is 2. The van der Waals surface area contributed by atoms with Gasteiger partial charge in [0.25, 0.3) is 0 Å². The third-order valence-corrected chi connectivity index (χ3v) is 3.08. The van der Waals surface area contributed by atoms with Gasteiger partial charge in [0.15, 0.2) is 0 Å². The smallest absolute Gasteiger partial charge is 0.324 e. The van der Waals surface area contributed by atoms with Crippen LogP contribution < -0.4 is 5.32 Å². The van der Waals surface area contributed by atoms with E-state index in [4.69, 9.17) is 5.11 Å². The highest BCUT2D eigenvalue weighted by Crippen LogP contribution is 2.07. The molecule has 0 aliphatic heterocycles. The zero-order valence-corrected chi connectivity index (χ0v) is 12.7. The summed E-state index contributed by atoms with van der Waals surface area (Å²) in [6.07, 6.45) is 2.30. The molecule has 0 saturated carbocycles. The Labute approximate surface area is 130 Å². The van der Waals surface area contributed by atoms with Gasteiger partial charge in [0, 0.05) is 13.0 Å². The Morgan fingerprint density at radius 1 is 1.18 bits per heavy atom. The molecule has 0 aliphatic rings. The summed E-state index contributed by atoms with van der Waals surface area (Å²) in [5.41, 5.74) is 1.15. The molecule has 0 spiro atoms. The lowest BCUT2D eigenvalue weighted by atomic mass is 10.1. The fourth-order valence-electron chi connectivity index (χ4n) is 2.03. The van der Waals surface area contributed by atoms with E-state index >= 15 is 0 Å². The molecule has 1 aromatic rings. The molecule has 0 saturated heterocycles. The van der Waals surface area contributed by atoms with E-state index in [1.807, 2.05) is 37.3 Å². The minimum absolute atomic E-state index is 0.259. The maximum Gasteiger partial charge on any atom is 0.324 e. The predicted molar refractivity (Wildman–Crippen MR) is 82.4 cm³/mol. The van der Waals surface area contributed by atoms with Crippen LogP contribution >= 0.6 is 0 Å². The van der Waals surface area contributed by atoms with Crippen LogP contribution in [0.15, 0.2) is 30.3 Å². The number of hydrogen-bond acceptors (Lipinski definition) is 3. The van der Waals surface area contributed by atoms with Crippen LogP contribution in [0.5, 0.6) is 0 Å². The molecule has 2 N–H and O–H groups in total. The highest BCUT2D eigenvalue weighted by atomic mass is 16.4. The third kappa shape index (κ3) is 6.39. The van der Waals surface area contributed by atoms with Crippen molar-refractivity contribution in [2.75, 3.05) is 13.1 Å². The van der Waals surface area contributed by atoms with E-state index in [9.17, 15) is 14.4 Å². The number of carbonyl (C=O) groups is 3. The van der Waals surface area contributed by atoms with Crippen molar-refractivity contribution in [3.05, 3.63) is 35.9 Å².